The number of ether oxygens (including phenoxy) is 1. The molecule has 0 saturated carbocycles. The molecule has 1 aromatic heterocycles. The van der Waals surface area contributed by atoms with Gasteiger partial charge in [0.1, 0.15) is 5.75 Å². The third-order valence-electron chi connectivity index (χ3n) is 4.76. The van der Waals surface area contributed by atoms with Crippen LogP contribution in [0.5, 0.6) is 5.75 Å². The average molecular weight is 455 g/mol. The fourth-order valence-electron chi connectivity index (χ4n) is 3.05. The van der Waals surface area contributed by atoms with Crippen molar-refractivity contribution in [3.63, 3.8) is 0 Å². The van der Waals surface area contributed by atoms with Crippen LogP contribution in [0.15, 0.2) is 79.1 Å². The van der Waals surface area contributed by atoms with E-state index in [9.17, 15) is 13.9 Å². The van der Waals surface area contributed by atoms with Gasteiger partial charge in [-0.2, -0.15) is 13.3 Å². The number of nitrogens with one attached hydrogen (secondary N) is 1. The highest BCUT2D eigenvalue weighted by Crippen LogP contribution is 2.23. The van der Waals surface area contributed by atoms with Gasteiger partial charge in [0.25, 0.3) is 0 Å². The number of para-hydroxylation sites is 1. The molecule has 0 amide bonds. The van der Waals surface area contributed by atoms with Crippen LogP contribution in [-0.2, 0) is 5.41 Å². The monoisotopic (exact) mass is 454 g/mol. The number of hydrogen-bond acceptors (Lipinski definition) is 3. The van der Waals surface area contributed by atoms with Crippen LogP contribution in [0.2, 0.25) is 0 Å². The smallest absolute Gasteiger partial charge is 0.387 e. The molecule has 3 rings (SSSR count). The molecule has 0 atom stereocenters. The molecule has 0 fully saturated rings. The quantitative estimate of drug-likeness (QED) is 0.247. The van der Waals surface area contributed by atoms with Gasteiger partial charge in [-0.1, -0.05) is 63.3 Å². The van der Waals surface area contributed by atoms with Crippen LogP contribution in [0, 0.1) is 0 Å². The van der Waals surface area contributed by atoms with Gasteiger partial charge in [0.2, 0.25) is 5.70 Å². The Morgan fingerprint density at radius 3 is 2.09 bits per heavy atom. The Morgan fingerprint density at radius 2 is 1.56 bits per heavy atom. The van der Waals surface area contributed by atoms with Gasteiger partial charge in [0.15, 0.2) is 17.4 Å². The summed E-state index contributed by atoms with van der Waals surface area (Å²) < 4.78 is 30.9. The first-order valence-corrected chi connectivity index (χ1v) is 10.4. The van der Waals surface area contributed by atoms with Crippen molar-refractivity contribution < 1.29 is 23.2 Å². The minimum Gasteiger partial charge on any atom is -0.867 e. The Hall–Kier alpha value is -3.32. The highest BCUT2D eigenvalue weighted by Gasteiger charge is 2.21. The predicted octanol–water partition coefficient (Wildman–Crippen LogP) is 5.00. The molecule has 2 aromatic carbocycles. The second-order valence-electron chi connectivity index (χ2n) is 8.14. The summed E-state index contributed by atoms with van der Waals surface area (Å²) in [5, 5.41) is 16.5. The zero-order chi connectivity index (χ0) is 23.3. The Morgan fingerprint density at radius 1 is 0.969 bits per heavy atom. The van der Waals surface area contributed by atoms with Crippen LogP contribution in [0.4, 0.5) is 14.5 Å². The van der Waals surface area contributed by atoms with E-state index in [4.69, 9.17) is 12.2 Å². The second kappa shape index (κ2) is 9.87. The SMILES string of the molecule is CC(C)(C)c1cc[n+](C(C(=S)Nc2ccccc2)=C([O-])c2ccc(OC(F)F)cc2)cc1. The minimum atomic E-state index is -2.93. The number of thiocarbonyl (C=S) groups is 1. The average Bonchev–Trinajstić information content (AvgIpc) is 2.74. The van der Waals surface area contributed by atoms with Gasteiger partial charge < -0.3 is 15.2 Å². The van der Waals surface area contributed by atoms with Gasteiger partial charge >= 0.3 is 6.61 Å². The largest absolute Gasteiger partial charge is 0.867 e. The van der Waals surface area contributed by atoms with Crippen molar-refractivity contribution in [1.29, 1.82) is 0 Å². The lowest BCUT2D eigenvalue weighted by molar-refractivity contribution is -0.577. The highest BCUT2D eigenvalue weighted by molar-refractivity contribution is 7.81. The number of halogens is 2. The van der Waals surface area contributed by atoms with Crippen LogP contribution in [0.25, 0.3) is 11.5 Å². The minimum absolute atomic E-state index is 0.0229. The molecule has 0 spiro atoms. The maximum Gasteiger partial charge on any atom is 0.387 e. The Balaban J connectivity index is 2.03. The van der Waals surface area contributed by atoms with Crippen molar-refractivity contribution in [3.05, 3.63) is 90.3 Å². The maximum absolute atomic E-state index is 13.4. The predicted molar refractivity (Wildman–Crippen MR) is 124 cm³/mol. The number of nitrogens with zero attached hydrogens (tertiary/aromatic N) is 1. The molecule has 3 aromatic rings. The lowest BCUT2D eigenvalue weighted by Crippen LogP contribution is -2.40. The molecular formula is C25H24F2N2O2S. The summed E-state index contributed by atoms with van der Waals surface area (Å²) >= 11 is 5.59. The van der Waals surface area contributed by atoms with Crippen molar-refractivity contribution in [2.24, 2.45) is 0 Å². The van der Waals surface area contributed by atoms with E-state index in [-0.39, 0.29) is 27.6 Å². The molecule has 7 heteroatoms. The van der Waals surface area contributed by atoms with Gasteiger partial charge in [-0.05, 0) is 46.6 Å². The molecule has 32 heavy (non-hydrogen) atoms. The molecular weight excluding hydrogens is 430 g/mol. The zero-order valence-corrected chi connectivity index (χ0v) is 18.8. The fraction of sp³-hybridized carbons (Fsp3) is 0.200. The number of benzene rings is 2. The Kier molecular flexibility index (Phi) is 7.20. The van der Waals surface area contributed by atoms with Crippen LogP contribution in [0.3, 0.4) is 0 Å². The Bertz CT molecular complexity index is 1090. The van der Waals surface area contributed by atoms with Crippen LogP contribution in [0.1, 0.15) is 31.9 Å². The van der Waals surface area contributed by atoms with Crippen LogP contribution >= 0.6 is 12.2 Å². The number of aromatic nitrogens is 1. The molecule has 1 heterocycles. The van der Waals surface area contributed by atoms with Gasteiger partial charge in [-0.15, -0.1) is 0 Å². The van der Waals surface area contributed by atoms with Gasteiger partial charge in [0.05, 0.1) is 0 Å². The van der Waals surface area contributed by atoms with Crippen molar-refractivity contribution in [1.82, 2.24) is 0 Å². The molecule has 0 unspecified atom stereocenters. The number of pyridine rings is 1. The maximum atomic E-state index is 13.4. The van der Waals surface area contributed by atoms with Crippen molar-refractivity contribution in [2.75, 3.05) is 5.32 Å². The van der Waals surface area contributed by atoms with Crippen molar-refractivity contribution >= 4 is 34.3 Å². The summed E-state index contributed by atoms with van der Waals surface area (Å²) in [6, 6.07) is 18.7. The number of hydrogen-bond donors (Lipinski definition) is 1. The van der Waals surface area contributed by atoms with Crippen molar-refractivity contribution in [2.45, 2.75) is 32.8 Å². The van der Waals surface area contributed by atoms with Gasteiger partial charge in [-0.25, -0.2) is 0 Å². The molecule has 0 saturated heterocycles. The van der Waals surface area contributed by atoms with E-state index in [1.54, 1.807) is 17.0 Å². The summed E-state index contributed by atoms with van der Waals surface area (Å²) in [5.41, 5.74) is 2.34. The molecule has 166 valence electrons. The topological polar surface area (TPSA) is 48.2 Å². The van der Waals surface area contributed by atoms with Gasteiger partial charge in [0, 0.05) is 17.8 Å². The molecule has 4 nitrogen and oxygen atoms in total. The van der Waals surface area contributed by atoms with E-state index in [0.29, 0.717) is 5.56 Å². The summed E-state index contributed by atoms with van der Waals surface area (Å²) in [4.78, 5) is 0.239. The van der Waals surface area contributed by atoms with E-state index >= 15 is 0 Å². The second-order valence-corrected chi connectivity index (χ2v) is 8.55. The first-order valence-electron chi connectivity index (χ1n) is 10.0. The molecule has 0 aliphatic carbocycles. The standard InChI is InChI=1S/C25H24F2N2O2S/c1-25(2,3)18-13-15-29(16-14-18)21(23(32)28-19-7-5-4-6-8-19)22(30)17-9-11-20(12-10-17)31-24(26)27/h4-16,24H,1-3H3,(H-,28,30,32). The summed E-state index contributed by atoms with van der Waals surface area (Å²) in [7, 11) is 0. The van der Waals surface area contributed by atoms with E-state index in [1.807, 2.05) is 42.5 Å². The summed E-state index contributed by atoms with van der Waals surface area (Å²) in [5.74, 6) is -0.374. The lowest BCUT2D eigenvalue weighted by atomic mass is 9.88. The lowest BCUT2D eigenvalue weighted by Gasteiger charge is -2.19. The van der Waals surface area contributed by atoms with E-state index in [0.717, 1.165) is 11.3 Å². The molecule has 0 bridgehead atoms. The third kappa shape index (κ3) is 5.88. The van der Waals surface area contributed by atoms with E-state index in [2.05, 4.69) is 30.8 Å². The van der Waals surface area contributed by atoms with Crippen molar-refractivity contribution in [3.8, 4) is 5.75 Å². The Labute approximate surface area is 191 Å². The number of anilines is 1. The third-order valence-corrected chi connectivity index (χ3v) is 5.05. The van der Waals surface area contributed by atoms with Gasteiger partial charge in [-0.3, -0.25) is 0 Å². The first kappa shape index (κ1) is 23.3. The molecule has 0 aliphatic rings. The normalized spacial score (nSPS) is 12.3. The highest BCUT2D eigenvalue weighted by atomic mass is 32.1. The number of rotatable bonds is 6. The fourth-order valence-corrected chi connectivity index (χ4v) is 3.37. The number of alkyl halides is 2. The molecule has 0 aliphatic heterocycles. The van der Waals surface area contributed by atoms with Crippen LogP contribution in [-0.4, -0.2) is 11.6 Å². The molecule has 1 N–H and O–H groups in total. The molecule has 0 radical (unpaired) electrons. The van der Waals surface area contributed by atoms with Crippen LogP contribution < -0.4 is 19.7 Å². The zero-order valence-electron chi connectivity index (χ0n) is 18.0. The van der Waals surface area contributed by atoms with E-state index < -0.39 is 6.61 Å². The first-order chi connectivity index (χ1) is 15.1. The summed E-state index contributed by atoms with van der Waals surface area (Å²) in [6.45, 7) is 3.38. The summed E-state index contributed by atoms with van der Waals surface area (Å²) in [6.07, 6.45) is 3.59. The van der Waals surface area contributed by atoms with E-state index in [1.165, 1.54) is 24.3 Å².